The molecule has 0 aromatic heterocycles. The summed E-state index contributed by atoms with van der Waals surface area (Å²) in [4.78, 5) is 27.2. The van der Waals surface area contributed by atoms with Gasteiger partial charge in [0.15, 0.2) is 0 Å². The topological polar surface area (TPSA) is 69.6 Å². The lowest BCUT2D eigenvalue weighted by atomic mass is 10.0. The maximum atomic E-state index is 12.8. The van der Waals surface area contributed by atoms with Crippen LogP contribution < -0.4 is 10.2 Å². The summed E-state index contributed by atoms with van der Waals surface area (Å²) in [5, 5.41) is 15.1. The molecule has 3 rings (SSSR count). The lowest BCUT2D eigenvalue weighted by Gasteiger charge is -2.23. The van der Waals surface area contributed by atoms with Gasteiger partial charge in [-0.3, -0.25) is 9.59 Å². The van der Waals surface area contributed by atoms with Crippen molar-refractivity contribution in [3.8, 4) is 5.75 Å². The number of carbonyl (C=O) groups is 2. The van der Waals surface area contributed by atoms with Gasteiger partial charge in [0.2, 0.25) is 5.91 Å². The van der Waals surface area contributed by atoms with Crippen LogP contribution in [0.1, 0.15) is 101 Å². The first-order chi connectivity index (χ1) is 18.5. The van der Waals surface area contributed by atoms with Gasteiger partial charge in [-0.15, -0.1) is 0 Å². The number of phenols is 1. The van der Waals surface area contributed by atoms with E-state index in [0.717, 1.165) is 23.9 Å². The summed E-state index contributed by atoms with van der Waals surface area (Å²) in [6, 6.07) is 18.1. The SMILES string of the molecule is CCCCCCCCCCCCCCN(C(C)=O)c1cccc2c(O)c(C(=O)Nc3ccccc3)ccc12. The van der Waals surface area contributed by atoms with Crippen molar-refractivity contribution in [2.45, 2.75) is 90.9 Å². The van der Waals surface area contributed by atoms with Crippen LogP contribution in [-0.4, -0.2) is 23.5 Å². The molecule has 0 saturated heterocycles. The standard InChI is InChI=1S/C33H44N2O3/c1-3-4-5-6-7-8-9-10-11-12-13-17-25-35(26(2)36)31-22-18-21-29-28(31)23-24-30(32(29)37)33(38)34-27-19-15-14-16-20-27/h14-16,18-24,37H,3-13,17,25H2,1-2H3,(H,34,38). The first-order valence-electron chi connectivity index (χ1n) is 14.4. The van der Waals surface area contributed by atoms with Crippen LogP contribution in [0.3, 0.4) is 0 Å². The fourth-order valence-corrected chi connectivity index (χ4v) is 5.02. The zero-order chi connectivity index (χ0) is 27.2. The van der Waals surface area contributed by atoms with E-state index in [-0.39, 0.29) is 23.1 Å². The molecule has 3 aromatic carbocycles. The maximum Gasteiger partial charge on any atom is 0.259 e. The van der Waals surface area contributed by atoms with Crippen LogP contribution in [0.15, 0.2) is 60.7 Å². The van der Waals surface area contributed by atoms with E-state index in [0.29, 0.717) is 17.6 Å². The molecule has 204 valence electrons. The first-order valence-corrected chi connectivity index (χ1v) is 14.4. The summed E-state index contributed by atoms with van der Waals surface area (Å²) in [5.41, 5.74) is 1.63. The van der Waals surface area contributed by atoms with Crippen LogP contribution in [0.4, 0.5) is 11.4 Å². The van der Waals surface area contributed by atoms with Gasteiger partial charge in [0.05, 0.1) is 11.3 Å². The molecule has 0 spiro atoms. The monoisotopic (exact) mass is 516 g/mol. The van der Waals surface area contributed by atoms with Crippen LogP contribution in [0, 0.1) is 0 Å². The van der Waals surface area contributed by atoms with Gasteiger partial charge in [-0.05, 0) is 30.7 Å². The molecule has 0 atom stereocenters. The molecule has 0 bridgehead atoms. The van der Waals surface area contributed by atoms with Gasteiger partial charge < -0.3 is 15.3 Å². The molecule has 0 fully saturated rings. The number of hydrogen-bond donors (Lipinski definition) is 2. The fraction of sp³-hybridized carbons (Fsp3) is 0.455. The summed E-state index contributed by atoms with van der Waals surface area (Å²) < 4.78 is 0. The maximum absolute atomic E-state index is 12.8. The molecule has 0 aliphatic rings. The summed E-state index contributed by atoms with van der Waals surface area (Å²) >= 11 is 0. The van der Waals surface area contributed by atoms with Gasteiger partial charge >= 0.3 is 0 Å². The first kappa shape index (κ1) is 29.2. The second-order valence-corrected chi connectivity index (χ2v) is 10.2. The third-order valence-electron chi connectivity index (χ3n) is 7.19. The third kappa shape index (κ3) is 8.61. The Morgan fingerprint density at radius 2 is 1.32 bits per heavy atom. The minimum Gasteiger partial charge on any atom is -0.506 e. The van der Waals surface area contributed by atoms with Crippen molar-refractivity contribution >= 4 is 34.0 Å². The number of carbonyl (C=O) groups excluding carboxylic acids is 2. The van der Waals surface area contributed by atoms with Crippen molar-refractivity contribution < 1.29 is 14.7 Å². The van der Waals surface area contributed by atoms with Crippen molar-refractivity contribution in [2.75, 3.05) is 16.8 Å². The highest BCUT2D eigenvalue weighted by Gasteiger charge is 2.19. The summed E-state index contributed by atoms with van der Waals surface area (Å²) in [5.74, 6) is -0.474. The Morgan fingerprint density at radius 1 is 0.711 bits per heavy atom. The molecule has 0 aliphatic heterocycles. The van der Waals surface area contributed by atoms with Gasteiger partial charge in [0.25, 0.3) is 5.91 Å². The number of rotatable bonds is 16. The van der Waals surface area contributed by atoms with E-state index < -0.39 is 0 Å². The van der Waals surface area contributed by atoms with E-state index in [4.69, 9.17) is 0 Å². The van der Waals surface area contributed by atoms with Crippen molar-refractivity contribution in [3.05, 3.63) is 66.2 Å². The van der Waals surface area contributed by atoms with Gasteiger partial charge in [-0.1, -0.05) is 114 Å². The zero-order valence-electron chi connectivity index (χ0n) is 23.2. The Kier molecular flexibility index (Phi) is 12.2. The number of benzene rings is 3. The predicted molar refractivity (Wildman–Crippen MR) is 159 cm³/mol. The smallest absolute Gasteiger partial charge is 0.259 e. The Balaban J connectivity index is 1.55. The molecular formula is C33H44N2O3. The van der Waals surface area contributed by atoms with Gasteiger partial charge in [-0.25, -0.2) is 0 Å². The van der Waals surface area contributed by atoms with Crippen molar-refractivity contribution in [1.29, 1.82) is 0 Å². The molecule has 5 nitrogen and oxygen atoms in total. The number of nitrogens with zero attached hydrogens (tertiary/aromatic N) is 1. The van der Waals surface area contributed by atoms with Gasteiger partial charge in [0, 0.05) is 29.9 Å². The molecule has 5 heteroatoms. The number of nitrogens with one attached hydrogen (secondary N) is 1. The molecule has 0 saturated carbocycles. The molecule has 0 radical (unpaired) electrons. The average molecular weight is 517 g/mol. The number of unbranched alkanes of at least 4 members (excludes halogenated alkanes) is 11. The third-order valence-corrected chi connectivity index (χ3v) is 7.19. The van der Waals surface area contributed by atoms with E-state index in [2.05, 4.69) is 12.2 Å². The highest BCUT2D eigenvalue weighted by Crippen LogP contribution is 2.35. The molecule has 0 aliphatic carbocycles. The van der Waals surface area contributed by atoms with Crippen LogP contribution in [0.25, 0.3) is 10.8 Å². The van der Waals surface area contributed by atoms with E-state index in [1.54, 1.807) is 36.1 Å². The molecular weight excluding hydrogens is 472 g/mol. The van der Waals surface area contributed by atoms with Gasteiger partial charge in [-0.2, -0.15) is 0 Å². The minimum absolute atomic E-state index is 0.0223. The quantitative estimate of drug-likeness (QED) is 0.187. The van der Waals surface area contributed by atoms with Gasteiger partial charge in [0.1, 0.15) is 5.75 Å². The Morgan fingerprint density at radius 3 is 1.92 bits per heavy atom. The van der Waals surface area contributed by atoms with Crippen molar-refractivity contribution in [1.82, 2.24) is 0 Å². The fourth-order valence-electron chi connectivity index (χ4n) is 5.02. The van der Waals surface area contributed by atoms with Crippen LogP contribution in [0.2, 0.25) is 0 Å². The van der Waals surface area contributed by atoms with Crippen LogP contribution in [-0.2, 0) is 4.79 Å². The summed E-state index contributed by atoms with van der Waals surface area (Å²) in [6.07, 6.45) is 15.3. The number of para-hydroxylation sites is 1. The number of aromatic hydroxyl groups is 1. The average Bonchev–Trinajstić information content (AvgIpc) is 2.92. The second kappa shape index (κ2) is 15.8. The van der Waals surface area contributed by atoms with Crippen LogP contribution >= 0.6 is 0 Å². The zero-order valence-corrected chi connectivity index (χ0v) is 23.2. The highest BCUT2D eigenvalue weighted by atomic mass is 16.3. The number of anilines is 2. The molecule has 0 unspecified atom stereocenters. The second-order valence-electron chi connectivity index (χ2n) is 10.2. The van der Waals surface area contributed by atoms with E-state index in [1.165, 1.54) is 64.2 Å². The number of phenolic OH excluding ortho intramolecular Hbond substituents is 1. The lowest BCUT2D eigenvalue weighted by molar-refractivity contribution is -0.116. The molecule has 2 N–H and O–H groups in total. The van der Waals surface area contributed by atoms with Crippen molar-refractivity contribution in [2.24, 2.45) is 0 Å². The van der Waals surface area contributed by atoms with E-state index >= 15 is 0 Å². The largest absolute Gasteiger partial charge is 0.506 e. The lowest BCUT2D eigenvalue weighted by Crippen LogP contribution is -2.29. The Bertz CT molecular complexity index is 1160. The van der Waals surface area contributed by atoms with E-state index in [9.17, 15) is 14.7 Å². The molecule has 38 heavy (non-hydrogen) atoms. The number of hydrogen-bond acceptors (Lipinski definition) is 3. The predicted octanol–water partition coefficient (Wildman–Crippen LogP) is 8.85. The van der Waals surface area contributed by atoms with E-state index in [1.807, 2.05) is 36.4 Å². The Labute approximate surface area is 228 Å². The number of amides is 2. The van der Waals surface area contributed by atoms with Crippen LogP contribution in [0.5, 0.6) is 5.75 Å². The number of fused-ring (bicyclic) bond motifs is 1. The summed E-state index contributed by atoms with van der Waals surface area (Å²) in [6.45, 7) is 4.48. The normalized spacial score (nSPS) is 11.0. The molecule has 2 amide bonds. The molecule has 0 heterocycles. The Hall–Kier alpha value is -3.34. The summed E-state index contributed by atoms with van der Waals surface area (Å²) in [7, 11) is 0. The minimum atomic E-state index is -0.374. The van der Waals surface area contributed by atoms with Crippen molar-refractivity contribution in [3.63, 3.8) is 0 Å². The highest BCUT2D eigenvalue weighted by molar-refractivity contribution is 6.12. The molecule has 3 aromatic rings.